The first-order valence-electron chi connectivity index (χ1n) is 5.07. The summed E-state index contributed by atoms with van der Waals surface area (Å²) in [5, 5.41) is 11.3. The predicted octanol–water partition coefficient (Wildman–Crippen LogP) is 2.99. The molecule has 0 saturated heterocycles. The van der Waals surface area contributed by atoms with E-state index in [1.807, 2.05) is 25.1 Å². The van der Waals surface area contributed by atoms with Crippen molar-refractivity contribution in [2.75, 3.05) is 0 Å². The molecule has 1 N–H and O–H groups in total. The van der Waals surface area contributed by atoms with Crippen LogP contribution in [-0.2, 0) is 0 Å². The van der Waals surface area contributed by atoms with Crippen molar-refractivity contribution in [3.05, 3.63) is 35.9 Å². The second kappa shape index (κ2) is 3.99. The van der Waals surface area contributed by atoms with Gasteiger partial charge in [0, 0.05) is 11.7 Å². The minimum absolute atomic E-state index is 0.318. The van der Waals surface area contributed by atoms with Gasteiger partial charge in [-0.3, -0.25) is 0 Å². The predicted molar refractivity (Wildman–Crippen MR) is 65.1 cm³/mol. The van der Waals surface area contributed by atoms with Gasteiger partial charge in [0.2, 0.25) is 0 Å². The Labute approximate surface area is 94.4 Å². The maximum absolute atomic E-state index is 9.98. The number of hydrogen-bond donors (Lipinski definition) is 1. The summed E-state index contributed by atoms with van der Waals surface area (Å²) in [5.74, 6) is 0. The molecule has 3 heteroatoms. The maximum atomic E-state index is 9.98. The number of benzene rings is 1. The zero-order valence-electron chi connectivity index (χ0n) is 8.97. The first-order valence-corrected chi connectivity index (χ1v) is 5.95. The number of rotatable bonds is 1. The van der Waals surface area contributed by atoms with Crippen molar-refractivity contribution < 1.29 is 5.11 Å². The van der Waals surface area contributed by atoms with E-state index >= 15 is 0 Å². The third kappa shape index (κ3) is 2.61. The Hall–Kier alpha value is -0.800. The fourth-order valence-corrected chi connectivity index (χ4v) is 3.22. The number of thioether (sulfide) groups is 1. The van der Waals surface area contributed by atoms with E-state index in [2.05, 4.69) is 17.1 Å². The summed E-state index contributed by atoms with van der Waals surface area (Å²) in [6, 6.07) is 10.3. The van der Waals surface area contributed by atoms with E-state index in [4.69, 9.17) is 0 Å². The molecule has 0 amide bonds. The summed E-state index contributed by atoms with van der Waals surface area (Å²) in [5.41, 5.74) is 0.354. The number of nitrogens with zero attached hydrogens (tertiary/aromatic N) is 1. The molecule has 0 aromatic heterocycles. The Balaban J connectivity index is 2.24. The van der Waals surface area contributed by atoms with Crippen LogP contribution in [-0.4, -0.2) is 15.9 Å². The van der Waals surface area contributed by atoms with Crippen LogP contribution < -0.4 is 0 Å². The Morgan fingerprint density at radius 2 is 2.07 bits per heavy atom. The van der Waals surface area contributed by atoms with Gasteiger partial charge in [0.25, 0.3) is 0 Å². The van der Waals surface area contributed by atoms with Crippen LogP contribution in [0.1, 0.15) is 31.1 Å². The molecule has 0 unspecified atom stereocenters. The van der Waals surface area contributed by atoms with Crippen LogP contribution in [0.3, 0.4) is 0 Å². The summed E-state index contributed by atoms with van der Waals surface area (Å²) in [7, 11) is 0. The zero-order chi connectivity index (χ0) is 10.9. The normalized spacial score (nSPS) is 31.1. The van der Waals surface area contributed by atoms with Gasteiger partial charge in [-0.25, -0.2) is 4.99 Å². The van der Waals surface area contributed by atoms with E-state index < -0.39 is 5.72 Å². The molecule has 0 radical (unpaired) electrons. The summed E-state index contributed by atoms with van der Waals surface area (Å²) in [6.45, 7) is 3.72. The van der Waals surface area contributed by atoms with Gasteiger partial charge in [0.05, 0.1) is 5.04 Å². The van der Waals surface area contributed by atoms with Crippen molar-refractivity contribution in [3.8, 4) is 0 Å². The van der Waals surface area contributed by atoms with Crippen LogP contribution in [0.15, 0.2) is 35.3 Å². The van der Waals surface area contributed by atoms with Crippen LogP contribution in [0.5, 0.6) is 0 Å². The van der Waals surface area contributed by atoms with Gasteiger partial charge < -0.3 is 5.11 Å². The summed E-state index contributed by atoms with van der Waals surface area (Å²) >= 11 is 1.73. The molecule has 2 atom stereocenters. The molecule has 80 valence electrons. The van der Waals surface area contributed by atoms with Crippen molar-refractivity contribution in [1.29, 1.82) is 0 Å². The first-order chi connectivity index (χ1) is 7.07. The van der Waals surface area contributed by atoms with Gasteiger partial charge >= 0.3 is 0 Å². The molecule has 0 fully saturated rings. The lowest BCUT2D eigenvalue weighted by Crippen LogP contribution is -2.28. The smallest absolute Gasteiger partial charge is 0.155 e. The second-order valence-electron chi connectivity index (χ2n) is 4.07. The molecule has 1 aliphatic rings. The minimum atomic E-state index is -0.907. The van der Waals surface area contributed by atoms with Gasteiger partial charge in [-0.15, -0.1) is 11.8 Å². The number of aliphatic imine (C=N–C) groups is 1. The third-order valence-electron chi connectivity index (χ3n) is 2.45. The molecule has 1 heterocycles. The quantitative estimate of drug-likeness (QED) is 0.790. The van der Waals surface area contributed by atoms with Crippen LogP contribution in [0.2, 0.25) is 0 Å². The topological polar surface area (TPSA) is 32.6 Å². The highest BCUT2D eigenvalue weighted by atomic mass is 32.2. The molecular formula is C12H15NOS. The molecule has 0 spiro atoms. The number of hydrogen-bond acceptors (Lipinski definition) is 3. The standard InChI is InChI=1S/C12H15NOS/c1-9-13-12(2,14)8-11(15-9)10-6-4-3-5-7-10/h3-7,11,14H,8H2,1-2H3/t11-,12-/m1/s1. The van der Waals surface area contributed by atoms with E-state index in [1.54, 1.807) is 18.7 Å². The number of aliphatic hydroxyl groups is 1. The molecule has 2 nitrogen and oxygen atoms in total. The average molecular weight is 221 g/mol. The Morgan fingerprint density at radius 3 is 2.67 bits per heavy atom. The molecule has 1 aliphatic heterocycles. The lowest BCUT2D eigenvalue weighted by atomic mass is 10.0. The second-order valence-corrected chi connectivity index (χ2v) is 5.46. The molecule has 1 aromatic rings. The highest BCUT2D eigenvalue weighted by molar-refractivity contribution is 8.14. The highest BCUT2D eigenvalue weighted by Gasteiger charge is 2.30. The Morgan fingerprint density at radius 1 is 1.40 bits per heavy atom. The summed E-state index contributed by atoms with van der Waals surface area (Å²) in [6.07, 6.45) is 0.680. The fourth-order valence-electron chi connectivity index (χ4n) is 1.86. The fraction of sp³-hybridized carbons (Fsp3) is 0.417. The largest absolute Gasteiger partial charge is 0.369 e. The minimum Gasteiger partial charge on any atom is -0.369 e. The third-order valence-corrected chi connectivity index (χ3v) is 3.61. The maximum Gasteiger partial charge on any atom is 0.155 e. The molecule has 0 bridgehead atoms. The zero-order valence-corrected chi connectivity index (χ0v) is 9.79. The SMILES string of the molecule is CC1=N[C@](C)(O)C[C@H](c2ccccc2)S1. The van der Waals surface area contributed by atoms with Gasteiger partial charge in [-0.1, -0.05) is 30.3 Å². The summed E-state index contributed by atoms with van der Waals surface area (Å²) < 4.78 is 0. The van der Waals surface area contributed by atoms with Crippen molar-refractivity contribution in [2.45, 2.75) is 31.2 Å². The monoisotopic (exact) mass is 221 g/mol. The first kappa shape index (κ1) is 10.7. The van der Waals surface area contributed by atoms with Gasteiger partial charge in [-0.05, 0) is 19.4 Å². The molecule has 0 aliphatic carbocycles. The van der Waals surface area contributed by atoms with Crippen molar-refractivity contribution in [2.24, 2.45) is 4.99 Å². The van der Waals surface area contributed by atoms with E-state index in [0.717, 1.165) is 5.04 Å². The van der Waals surface area contributed by atoms with Crippen LogP contribution in [0.4, 0.5) is 0 Å². The lowest BCUT2D eigenvalue weighted by Gasteiger charge is -2.30. The van der Waals surface area contributed by atoms with E-state index in [9.17, 15) is 5.11 Å². The van der Waals surface area contributed by atoms with E-state index in [-0.39, 0.29) is 0 Å². The Bertz CT molecular complexity index is 372. The summed E-state index contributed by atoms with van der Waals surface area (Å²) in [4.78, 5) is 4.23. The lowest BCUT2D eigenvalue weighted by molar-refractivity contribution is 0.0592. The van der Waals surface area contributed by atoms with E-state index in [1.165, 1.54) is 5.56 Å². The average Bonchev–Trinajstić information content (AvgIpc) is 2.16. The van der Waals surface area contributed by atoms with Crippen LogP contribution >= 0.6 is 11.8 Å². The molecule has 1 aromatic carbocycles. The highest BCUT2D eigenvalue weighted by Crippen LogP contribution is 2.41. The molecule has 15 heavy (non-hydrogen) atoms. The van der Waals surface area contributed by atoms with Crippen molar-refractivity contribution >= 4 is 16.8 Å². The van der Waals surface area contributed by atoms with Gasteiger partial charge in [-0.2, -0.15) is 0 Å². The van der Waals surface area contributed by atoms with Crippen LogP contribution in [0.25, 0.3) is 0 Å². The molecule has 2 rings (SSSR count). The Kier molecular flexibility index (Phi) is 2.85. The molecule has 0 saturated carbocycles. The van der Waals surface area contributed by atoms with Crippen LogP contribution in [0, 0.1) is 0 Å². The van der Waals surface area contributed by atoms with E-state index in [0.29, 0.717) is 11.7 Å². The van der Waals surface area contributed by atoms with Crippen molar-refractivity contribution in [1.82, 2.24) is 0 Å². The van der Waals surface area contributed by atoms with Gasteiger partial charge in [0.1, 0.15) is 0 Å². The van der Waals surface area contributed by atoms with Crippen molar-refractivity contribution in [3.63, 3.8) is 0 Å². The van der Waals surface area contributed by atoms with Gasteiger partial charge in [0.15, 0.2) is 5.72 Å². The molecular weight excluding hydrogens is 206 g/mol.